The van der Waals surface area contributed by atoms with Gasteiger partial charge in [0.1, 0.15) is 5.82 Å². The van der Waals surface area contributed by atoms with Crippen molar-refractivity contribution >= 4 is 29.3 Å². The highest BCUT2D eigenvalue weighted by molar-refractivity contribution is 8.02. The van der Waals surface area contributed by atoms with Crippen LogP contribution in [0.4, 0.5) is 10.1 Å². The molecule has 0 N–H and O–H groups in total. The van der Waals surface area contributed by atoms with E-state index in [1.165, 1.54) is 12.1 Å². The molecule has 1 spiro atoms. The number of hydrogen-bond acceptors (Lipinski definition) is 3. The highest BCUT2D eigenvalue weighted by Crippen LogP contribution is 2.47. The second-order valence-electron chi connectivity index (χ2n) is 7.25. The molecule has 2 aliphatic heterocycles. The molecule has 1 saturated carbocycles. The van der Waals surface area contributed by atoms with Crippen molar-refractivity contribution < 1.29 is 14.0 Å². The molecule has 1 aromatic rings. The third kappa shape index (κ3) is 3.05. The SMILES string of the molecule is O=C(C1CCCC1)N1CCC2(CC1)SCC(=O)N2c1ccc(F)cc1. The Morgan fingerprint density at radius 1 is 1.12 bits per heavy atom. The van der Waals surface area contributed by atoms with Crippen molar-refractivity contribution in [3.05, 3.63) is 30.1 Å². The minimum absolute atomic E-state index is 0.0761. The van der Waals surface area contributed by atoms with Crippen molar-refractivity contribution in [3.63, 3.8) is 0 Å². The standard InChI is InChI=1S/C19H23FN2O2S/c20-15-5-7-16(8-6-15)22-17(23)13-25-19(22)9-11-21(12-10-19)18(24)14-3-1-2-4-14/h5-8,14H,1-4,9-13H2. The number of carbonyl (C=O) groups is 2. The van der Waals surface area contributed by atoms with Crippen LogP contribution in [-0.4, -0.2) is 40.4 Å². The number of carbonyl (C=O) groups excluding carboxylic acids is 2. The normalized spacial score (nSPS) is 23.6. The van der Waals surface area contributed by atoms with E-state index >= 15 is 0 Å². The fourth-order valence-corrected chi connectivity index (χ4v) is 5.73. The largest absolute Gasteiger partial charge is 0.342 e. The number of hydrogen-bond donors (Lipinski definition) is 0. The minimum atomic E-state index is -0.297. The Hall–Kier alpha value is -1.56. The molecule has 0 radical (unpaired) electrons. The zero-order chi connectivity index (χ0) is 17.4. The molecule has 134 valence electrons. The fraction of sp³-hybridized carbons (Fsp3) is 0.579. The number of anilines is 1. The molecule has 3 fully saturated rings. The predicted octanol–water partition coefficient (Wildman–Crippen LogP) is 3.41. The molecule has 0 unspecified atom stereocenters. The topological polar surface area (TPSA) is 40.6 Å². The summed E-state index contributed by atoms with van der Waals surface area (Å²) in [7, 11) is 0. The van der Waals surface area contributed by atoms with Gasteiger partial charge in [-0.2, -0.15) is 0 Å². The van der Waals surface area contributed by atoms with Gasteiger partial charge in [-0.05, 0) is 49.9 Å². The average molecular weight is 362 g/mol. The molecule has 0 aromatic heterocycles. The van der Waals surface area contributed by atoms with Gasteiger partial charge in [0.05, 0.1) is 10.6 Å². The van der Waals surface area contributed by atoms with Crippen LogP contribution < -0.4 is 4.90 Å². The van der Waals surface area contributed by atoms with E-state index < -0.39 is 0 Å². The summed E-state index contributed by atoms with van der Waals surface area (Å²) in [6, 6.07) is 6.16. The van der Waals surface area contributed by atoms with Gasteiger partial charge in [0, 0.05) is 24.7 Å². The number of benzene rings is 1. The van der Waals surface area contributed by atoms with Gasteiger partial charge in [0.25, 0.3) is 0 Å². The second kappa shape index (κ2) is 6.63. The number of thioether (sulfide) groups is 1. The molecule has 4 nitrogen and oxygen atoms in total. The van der Waals surface area contributed by atoms with Gasteiger partial charge >= 0.3 is 0 Å². The van der Waals surface area contributed by atoms with E-state index in [4.69, 9.17) is 0 Å². The van der Waals surface area contributed by atoms with Crippen LogP contribution in [0.2, 0.25) is 0 Å². The zero-order valence-corrected chi connectivity index (χ0v) is 15.1. The zero-order valence-electron chi connectivity index (χ0n) is 14.2. The van der Waals surface area contributed by atoms with Gasteiger partial charge in [0.2, 0.25) is 11.8 Å². The first-order chi connectivity index (χ1) is 12.1. The maximum Gasteiger partial charge on any atom is 0.238 e. The molecule has 4 rings (SSSR count). The molecule has 1 aromatic carbocycles. The molecule has 0 atom stereocenters. The summed E-state index contributed by atoms with van der Waals surface area (Å²) in [6.07, 6.45) is 5.93. The summed E-state index contributed by atoms with van der Waals surface area (Å²) in [5, 5.41) is 0. The second-order valence-corrected chi connectivity index (χ2v) is 8.58. The maximum absolute atomic E-state index is 13.2. The van der Waals surface area contributed by atoms with Crippen molar-refractivity contribution in [1.29, 1.82) is 0 Å². The van der Waals surface area contributed by atoms with Crippen LogP contribution >= 0.6 is 11.8 Å². The van der Waals surface area contributed by atoms with Crippen molar-refractivity contribution in [2.75, 3.05) is 23.7 Å². The Kier molecular flexibility index (Phi) is 4.48. The lowest BCUT2D eigenvalue weighted by Gasteiger charge is -2.44. The van der Waals surface area contributed by atoms with E-state index in [-0.39, 0.29) is 22.5 Å². The van der Waals surface area contributed by atoms with Crippen LogP contribution in [0.25, 0.3) is 0 Å². The summed E-state index contributed by atoms with van der Waals surface area (Å²) >= 11 is 1.67. The summed E-state index contributed by atoms with van der Waals surface area (Å²) in [5.41, 5.74) is 0.756. The van der Waals surface area contributed by atoms with Crippen LogP contribution in [-0.2, 0) is 9.59 Å². The van der Waals surface area contributed by atoms with Crippen LogP contribution in [0, 0.1) is 11.7 Å². The van der Waals surface area contributed by atoms with Crippen molar-refractivity contribution in [2.24, 2.45) is 5.92 Å². The molecule has 2 saturated heterocycles. The highest BCUT2D eigenvalue weighted by Gasteiger charge is 2.49. The molecule has 2 heterocycles. The molecule has 0 bridgehead atoms. The van der Waals surface area contributed by atoms with Gasteiger partial charge in [-0.1, -0.05) is 12.8 Å². The maximum atomic E-state index is 13.2. The van der Waals surface area contributed by atoms with Crippen LogP contribution in [0.5, 0.6) is 0 Å². The molecular weight excluding hydrogens is 339 g/mol. The summed E-state index contributed by atoms with van der Waals surface area (Å²) in [5.74, 6) is 0.741. The first-order valence-electron chi connectivity index (χ1n) is 9.10. The lowest BCUT2D eigenvalue weighted by Crippen LogP contribution is -2.53. The van der Waals surface area contributed by atoms with Crippen LogP contribution in [0.3, 0.4) is 0 Å². The lowest BCUT2D eigenvalue weighted by atomic mass is 9.98. The first kappa shape index (κ1) is 16.9. The number of likely N-dealkylation sites (tertiary alicyclic amines) is 1. The van der Waals surface area contributed by atoms with E-state index in [0.717, 1.165) is 44.2 Å². The van der Waals surface area contributed by atoms with E-state index in [2.05, 4.69) is 0 Å². The third-order valence-corrected chi connectivity index (χ3v) is 7.29. The van der Waals surface area contributed by atoms with E-state index in [0.29, 0.717) is 24.7 Å². The molecule has 1 aliphatic carbocycles. The predicted molar refractivity (Wildman–Crippen MR) is 96.8 cm³/mol. The molecule has 25 heavy (non-hydrogen) atoms. The fourth-order valence-electron chi connectivity index (χ4n) is 4.40. The third-order valence-electron chi connectivity index (χ3n) is 5.77. The van der Waals surface area contributed by atoms with E-state index in [1.54, 1.807) is 23.9 Å². The van der Waals surface area contributed by atoms with Crippen LogP contribution in [0.1, 0.15) is 38.5 Å². The van der Waals surface area contributed by atoms with Gasteiger partial charge in [0.15, 0.2) is 0 Å². The lowest BCUT2D eigenvalue weighted by molar-refractivity contribution is -0.136. The van der Waals surface area contributed by atoms with Crippen LogP contribution in [0.15, 0.2) is 24.3 Å². The summed E-state index contributed by atoms with van der Waals surface area (Å²) in [6.45, 7) is 1.40. The van der Waals surface area contributed by atoms with Crippen molar-refractivity contribution in [2.45, 2.75) is 43.4 Å². The average Bonchev–Trinajstić information content (AvgIpc) is 3.26. The van der Waals surface area contributed by atoms with Gasteiger partial charge < -0.3 is 4.90 Å². The number of nitrogens with zero attached hydrogens (tertiary/aromatic N) is 2. The summed E-state index contributed by atoms with van der Waals surface area (Å²) < 4.78 is 13.2. The number of piperidine rings is 1. The number of rotatable bonds is 2. The highest BCUT2D eigenvalue weighted by atomic mass is 32.2. The van der Waals surface area contributed by atoms with Gasteiger partial charge in [-0.15, -0.1) is 11.8 Å². The number of halogens is 1. The van der Waals surface area contributed by atoms with Gasteiger partial charge in [-0.3, -0.25) is 14.5 Å². The smallest absolute Gasteiger partial charge is 0.238 e. The van der Waals surface area contributed by atoms with Crippen molar-refractivity contribution in [1.82, 2.24) is 4.90 Å². The summed E-state index contributed by atoms with van der Waals surface area (Å²) in [4.78, 5) is 28.7. The Balaban J connectivity index is 1.49. The Morgan fingerprint density at radius 3 is 2.40 bits per heavy atom. The molecule has 6 heteroatoms. The Labute approximate surface area is 151 Å². The van der Waals surface area contributed by atoms with Crippen molar-refractivity contribution in [3.8, 4) is 0 Å². The number of amides is 2. The molecular formula is C19H23FN2O2S. The van der Waals surface area contributed by atoms with E-state index in [1.807, 2.05) is 9.80 Å². The first-order valence-corrected chi connectivity index (χ1v) is 10.1. The Morgan fingerprint density at radius 2 is 1.76 bits per heavy atom. The monoisotopic (exact) mass is 362 g/mol. The van der Waals surface area contributed by atoms with E-state index in [9.17, 15) is 14.0 Å². The Bertz CT molecular complexity index is 665. The molecule has 2 amide bonds. The minimum Gasteiger partial charge on any atom is -0.342 e. The van der Waals surface area contributed by atoms with Gasteiger partial charge in [-0.25, -0.2) is 4.39 Å². The quantitative estimate of drug-likeness (QED) is 0.809. The molecule has 3 aliphatic rings.